The Balaban J connectivity index is 1.40. The second-order valence-corrected chi connectivity index (χ2v) is 11.3. The number of hydrogen-bond donors (Lipinski definition) is 2. The van der Waals surface area contributed by atoms with Crippen LogP contribution in [-0.4, -0.2) is 41.0 Å². The van der Waals surface area contributed by atoms with E-state index in [1.165, 1.54) is 12.8 Å². The van der Waals surface area contributed by atoms with Crippen molar-refractivity contribution in [1.82, 2.24) is 10.2 Å². The van der Waals surface area contributed by atoms with Crippen LogP contribution in [0.4, 0.5) is 0 Å². The molecule has 0 unspecified atom stereocenters. The zero-order valence-corrected chi connectivity index (χ0v) is 20.2. The normalized spacial score (nSPS) is 30.4. The molecular weight excluding hydrogens is 424 g/mol. The highest BCUT2D eigenvalue weighted by molar-refractivity contribution is 6.30. The maximum Gasteiger partial charge on any atom is 0.227 e. The molecule has 0 aromatic heterocycles. The van der Waals surface area contributed by atoms with Crippen LogP contribution in [0.5, 0.6) is 0 Å². The van der Waals surface area contributed by atoms with Crippen LogP contribution < -0.4 is 5.32 Å². The Morgan fingerprint density at radius 3 is 2.44 bits per heavy atom. The van der Waals surface area contributed by atoms with E-state index in [4.69, 9.17) is 11.6 Å². The zero-order chi connectivity index (χ0) is 22.9. The number of nitrogens with zero attached hydrogens (tertiary/aromatic N) is 1. The summed E-state index contributed by atoms with van der Waals surface area (Å²) in [5.41, 5.74) is -0.676. The quantitative estimate of drug-likeness (QED) is 0.671. The van der Waals surface area contributed by atoms with Gasteiger partial charge in [0.2, 0.25) is 11.8 Å². The molecule has 2 aliphatic carbocycles. The van der Waals surface area contributed by atoms with E-state index in [0.717, 1.165) is 37.7 Å². The van der Waals surface area contributed by atoms with Crippen LogP contribution in [0.3, 0.4) is 0 Å². The number of halogens is 1. The third-order valence-corrected chi connectivity index (χ3v) is 8.46. The van der Waals surface area contributed by atoms with Gasteiger partial charge in [-0.3, -0.25) is 9.59 Å². The van der Waals surface area contributed by atoms with Crippen molar-refractivity contribution >= 4 is 23.4 Å². The van der Waals surface area contributed by atoms with Gasteiger partial charge in [-0.2, -0.15) is 0 Å². The fraction of sp³-hybridized carbons (Fsp3) is 0.692. The second kappa shape index (κ2) is 9.34. The van der Waals surface area contributed by atoms with Crippen LogP contribution in [0.1, 0.15) is 77.2 Å². The predicted octanol–water partition coefficient (Wildman–Crippen LogP) is 4.65. The maximum absolute atomic E-state index is 13.5. The fourth-order valence-corrected chi connectivity index (χ4v) is 6.30. The molecule has 0 spiro atoms. The Morgan fingerprint density at radius 1 is 1.09 bits per heavy atom. The number of piperidine rings is 1. The largest absolute Gasteiger partial charge is 0.384 e. The van der Waals surface area contributed by atoms with E-state index in [-0.39, 0.29) is 23.8 Å². The average Bonchev–Trinajstić information content (AvgIpc) is 3.42. The topological polar surface area (TPSA) is 69.6 Å². The standard InChI is InChI=1S/C26H37ClN2O3/c1-25(2)17-29(15-14-26(25,32)19-10-12-20(27)13-11-19)24(31)21-8-5-9-22(21)28-23(30)16-18-6-3-4-7-18/h10-13,18,21-22,32H,3-9,14-17H2,1-2H3,(H,28,30)/t21-,22+,26-/m0/s1. The van der Waals surface area contributed by atoms with E-state index in [9.17, 15) is 14.7 Å². The van der Waals surface area contributed by atoms with Gasteiger partial charge in [0.05, 0.1) is 11.5 Å². The number of benzene rings is 1. The third-order valence-electron chi connectivity index (χ3n) is 8.21. The first-order valence-corrected chi connectivity index (χ1v) is 12.6. The molecule has 0 bridgehead atoms. The van der Waals surface area contributed by atoms with Crippen LogP contribution in [0.15, 0.2) is 24.3 Å². The lowest BCUT2D eigenvalue weighted by Gasteiger charge is -2.51. The minimum atomic E-state index is -1.01. The zero-order valence-electron chi connectivity index (χ0n) is 19.4. The first-order chi connectivity index (χ1) is 15.2. The van der Waals surface area contributed by atoms with Gasteiger partial charge in [-0.05, 0) is 55.7 Å². The lowest BCUT2D eigenvalue weighted by Crippen LogP contribution is -2.58. The van der Waals surface area contributed by atoms with E-state index in [0.29, 0.717) is 36.9 Å². The highest BCUT2D eigenvalue weighted by Crippen LogP contribution is 2.46. The Morgan fingerprint density at radius 2 is 1.78 bits per heavy atom. The second-order valence-electron chi connectivity index (χ2n) is 10.8. The molecule has 1 aliphatic heterocycles. The molecule has 2 saturated carbocycles. The number of likely N-dealkylation sites (tertiary alicyclic amines) is 1. The van der Waals surface area contributed by atoms with Crippen molar-refractivity contribution in [3.63, 3.8) is 0 Å². The Bertz CT molecular complexity index is 834. The molecule has 1 saturated heterocycles. The molecule has 3 fully saturated rings. The van der Waals surface area contributed by atoms with Crippen molar-refractivity contribution in [3.05, 3.63) is 34.9 Å². The molecule has 6 heteroatoms. The van der Waals surface area contributed by atoms with E-state index in [1.54, 1.807) is 12.1 Å². The lowest BCUT2D eigenvalue weighted by molar-refractivity contribution is -0.157. The van der Waals surface area contributed by atoms with Crippen LogP contribution in [0.2, 0.25) is 5.02 Å². The van der Waals surface area contributed by atoms with Crippen LogP contribution >= 0.6 is 11.6 Å². The molecule has 32 heavy (non-hydrogen) atoms. The van der Waals surface area contributed by atoms with E-state index in [1.807, 2.05) is 30.9 Å². The first-order valence-electron chi connectivity index (χ1n) is 12.3. The SMILES string of the molecule is CC1(C)CN(C(=O)[C@H]2CCC[C@H]2NC(=O)CC2CCCC2)CC[C@]1(O)c1ccc(Cl)cc1. The van der Waals surface area contributed by atoms with Crippen molar-refractivity contribution in [2.75, 3.05) is 13.1 Å². The smallest absolute Gasteiger partial charge is 0.227 e. The Kier molecular flexibility index (Phi) is 6.88. The summed E-state index contributed by atoms with van der Waals surface area (Å²) in [6.07, 6.45) is 8.52. The van der Waals surface area contributed by atoms with E-state index < -0.39 is 11.0 Å². The van der Waals surface area contributed by atoms with Crippen molar-refractivity contribution in [2.45, 2.75) is 83.3 Å². The molecule has 0 radical (unpaired) electrons. The van der Waals surface area contributed by atoms with Crippen LogP contribution in [0, 0.1) is 17.3 Å². The summed E-state index contributed by atoms with van der Waals surface area (Å²) in [7, 11) is 0. The van der Waals surface area contributed by atoms with Crippen molar-refractivity contribution < 1.29 is 14.7 Å². The Hall–Kier alpha value is -1.59. The van der Waals surface area contributed by atoms with Gasteiger partial charge in [0.25, 0.3) is 0 Å². The molecule has 2 N–H and O–H groups in total. The molecule has 2 amide bonds. The van der Waals surface area contributed by atoms with Crippen molar-refractivity contribution in [2.24, 2.45) is 17.3 Å². The lowest BCUT2D eigenvalue weighted by atomic mass is 9.66. The van der Waals surface area contributed by atoms with Gasteiger partial charge in [-0.15, -0.1) is 0 Å². The number of nitrogens with one attached hydrogen (secondary N) is 1. The molecule has 5 nitrogen and oxygen atoms in total. The molecule has 1 aromatic carbocycles. The summed E-state index contributed by atoms with van der Waals surface area (Å²) in [5, 5.41) is 15.4. The number of amides is 2. The van der Waals surface area contributed by atoms with E-state index in [2.05, 4.69) is 5.32 Å². The molecule has 1 aromatic rings. The van der Waals surface area contributed by atoms with Gasteiger partial charge in [-0.1, -0.05) is 56.8 Å². The molecule has 4 rings (SSSR count). The van der Waals surface area contributed by atoms with Gasteiger partial charge in [-0.25, -0.2) is 0 Å². The molecule has 3 atom stereocenters. The monoisotopic (exact) mass is 460 g/mol. The number of carbonyl (C=O) groups is 2. The molecular formula is C26H37ClN2O3. The Labute approximate surface area is 196 Å². The van der Waals surface area contributed by atoms with E-state index >= 15 is 0 Å². The van der Waals surface area contributed by atoms with Gasteiger partial charge in [0.1, 0.15) is 0 Å². The first kappa shape index (κ1) is 23.6. The van der Waals surface area contributed by atoms with Gasteiger partial charge >= 0.3 is 0 Å². The van der Waals surface area contributed by atoms with Gasteiger partial charge in [0, 0.05) is 36.0 Å². The number of rotatable bonds is 5. The summed E-state index contributed by atoms with van der Waals surface area (Å²) < 4.78 is 0. The minimum absolute atomic E-state index is 0.0587. The summed E-state index contributed by atoms with van der Waals surface area (Å²) in [5.74, 6) is 0.594. The molecule has 1 heterocycles. The van der Waals surface area contributed by atoms with Gasteiger partial charge < -0.3 is 15.3 Å². The third kappa shape index (κ3) is 4.70. The van der Waals surface area contributed by atoms with Gasteiger partial charge in [0.15, 0.2) is 0 Å². The summed E-state index contributed by atoms with van der Waals surface area (Å²) >= 11 is 6.04. The number of carbonyl (C=O) groups excluding carboxylic acids is 2. The van der Waals surface area contributed by atoms with Crippen LogP contribution in [0.25, 0.3) is 0 Å². The number of aliphatic hydroxyl groups is 1. The maximum atomic E-state index is 13.5. The van der Waals surface area contributed by atoms with Crippen molar-refractivity contribution in [3.8, 4) is 0 Å². The number of hydrogen-bond acceptors (Lipinski definition) is 3. The predicted molar refractivity (Wildman–Crippen MR) is 126 cm³/mol. The molecule has 3 aliphatic rings. The average molecular weight is 461 g/mol. The highest BCUT2D eigenvalue weighted by Gasteiger charge is 2.50. The fourth-order valence-electron chi connectivity index (χ4n) is 6.18. The highest BCUT2D eigenvalue weighted by atomic mass is 35.5. The van der Waals surface area contributed by atoms with Crippen molar-refractivity contribution in [1.29, 1.82) is 0 Å². The summed E-state index contributed by atoms with van der Waals surface area (Å²) in [6.45, 7) is 5.05. The molecule has 176 valence electrons. The minimum Gasteiger partial charge on any atom is -0.384 e. The summed E-state index contributed by atoms with van der Waals surface area (Å²) in [6, 6.07) is 7.32. The van der Waals surface area contributed by atoms with Crippen LogP contribution in [-0.2, 0) is 15.2 Å². The summed E-state index contributed by atoms with van der Waals surface area (Å²) in [4.78, 5) is 28.0.